The van der Waals surface area contributed by atoms with Crippen LogP contribution in [0, 0.1) is 0 Å². The predicted octanol–water partition coefficient (Wildman–Crippen LogP) is 4.93. The van der Waals surface area contributed by atoms with Gasteiger partial charge in [-0.15, -0.1) is 0 Å². The second-order valence-corrected chi connectivity index (χ2v) is 9.31. The lowest BCUT2D eigenvalue weighted by Crippen LogP contribution is -2.29. The van der Waals surface area contributed by atoms with Crippen LogP contribution in [0.3, 0.4) is 0 Å². The fourth-order valence-electron chi connectivity index (χ4n) is 2.92. The molecular weight excluding hydrogens is 498 g/mol. The number of esters is 1. The minimum absolute atomic E-state index is 0.232. The van der Waals surface area contributed by atoms with E-state index in [1.54, 1.807) is 37.3 Å². The Balaban J connectivity index is 1.96. The lowest BCUT2D eigenvalue weighted by Gasteiger charge is -2.20. The van der Waals surface area contributed by atoms with Crippen molar-refractivity contribution in [3.8, 4) is 5.75 Å². The van der Waals surface area contributed by atoms with E-state index < -0.39 is 11.4 Å². The number of nitrogens with zero attached hydrogens (tertiary/aromatic N) is 3. The van der Waals surface area contributed by atoms with Crippen molar-refractivity contribution in [1.82, 2.24) is 9.66 Å². The van der Waals surface area contributed by atoms with Crippen molar-refractivity contribution in [3.05, 3.63) is 67.6 Å². The zero-order valence-electron chi connectivity index (χ0n) is 18.2. The third kappa shape index (κ3) is 5.55. The Labute approximate surface area is 199 Å². The van der Waals surface area contributed by atoms with Gasteiger partial charge in [0.25, 0.3) is 5.56 Å². The van der Waals surface area contributed by atoms with Crippen LogP contribution in [0.2, 0.25) is 5.02 Å². The summed E-state index contributed by atoms with van der Waals surface area (Å²) in [7, 11) is 0. The molecule has 0 bridgehead atoms. The van der Waals surface area contributed by atoms with Crippen LogP contribution in [0.4, 0.5) is 0 Å². The van der Waals surface area contributed by atoms with Crippen molar-refractivity contribution in [2.45, 2.75) is 33.1 Å². The molecule has 32 heavy (non-hydrogen) atoms. The Morgan fingerprint density at radius 3 is 2.66 bits per heavy atom. The van der Waals surface area contributed by atoms with Crippen LogP contribution in [-0.4, -0.2) is 35.1 Å². The molecule has 0 N–H and O–H groups in total. The normalized spacial score (nSPS) is 11.8. The number of hydrogen-bond acceptors (Lipinski definition) is 6. The van der Waals surface area contributed by atoms with E-state index in [4.69, 9.17) is 21.1 Å². The average Bonchev–Trinajstić information content (AvgIpc) is 2.72. The van der Waals surface area contributed by atoms with Crippen LogP contribution in [-0.2, 0) is 14.9 Å². The van der Waals surface area contributed by atoms with E-state index in [1.165, 1.54) is 10.9 Å². The van der Waals surface area contributed by atoms with E-state index in [0.29, 0.717) is 33.1 Å². The number of hydrogen-bond donors (Lipinski definition) is 0. The van der Waals surface area contributed by atoms with Crippen LogP contribution in [0.1, 0.15) is 39.1 Å². The lowest BCUT2D eigenvalue weighted by molar-refractivity contribution is -0.145. The fraction of sp³-hybridized carbons (Fsp3) is 0.304. The molecule has 168 valence electrons. The van der Waals surface area contributed by atoms with Gasteiger partial charge in [0.15, 0.2) is 6.61 Å². The maximum absolute atomic E-state index is 13.2. The number of aromatic nitrogens is 2. The number of fused-ring (bicyclic) bond motifs is 1. The maximum Gasteiger partial charge on any atom is 0.344 e. The quantitative estimate of drug-likeness (QED) is 0.340. The van der Waals surface area contributed by atoms with Crippen molar-refractivity contribution in [2.75, 3.05) is 13.2 Å². The molecule has 0 amide bonds. The Bertz CT molecular complexity index is 1250. The van der Waals surface area contributed by atoms with Crippen LogP contribution in [0.5, 0.6) is 5.75 Å². The molecule has 2 aromatic carbocycles. The Morgan fingerprint density at radius 2 is 2.00 bits per heavy atom. The minimum atomic E-state index is -0.473. The second-order valence-electron chi connectivity index (χ2n) is 7.99. The van der Waals surface area contributed by atoms with Crippen molar-refractivity contribution in [2.24, 2.45) is 5.10 Å². The van der Waals surface area contributed by atoms with Gasteiger partial charge >= 0.3 is 5.97 Å². The van der Waals surface area contributed by atoms with Crippen molar-refractivity contribution in [3.63, 3.8) is 0 Å². The molecule has 0 aliphatic heterocycles. The molecule has 0 fully saturated rings. The molecule has 3 rings (SSSR count). The molecule has 0 saturated carbocycles. The summed E-state index contributed by atoms with van der Waals surface area (Å²) in [5.74, 6) is 0.412. The van der Waals surface area contributed by atoms with E-state index >= 15 is 0 Å². The first kappa shape index (κ1) is 23.9. The first-order valence-corrected chi connectivity index (χ1v) is 11.1. The fourth-order valence-corrected chi connectivity index (χ4v) is 3.52. The van der Waals surface area contributed by atoms with Gasteiger partial charge in [-0.3, -0.25) is 4.79 Å². The molecule has 0 aliphatic carbocycles. The van der Waals surface area contributed by atoms with E-state index in [2.05, 4.69) is 26.0 Å². The average molecular weight is 521 g/mol. The predicted molar refractivity (Wildman–Crippen MR) is 129 cm³/mol. The highest BCUT2D eigenvalue weighted by atomic mass is 79.9. The topological polar surface area (TPSA) is 82.8 Å². The summed E-state index contributed by atoms with van der Waals surface area (Å²) in [6.07, 6.45) is 1.53. The molecule has 1 heterocycles. The SMILES string of the molecule is CCOC(=O)COc1ccc(C=Nn2c(C(C)(C)C)nc3ccc(Br)cc3c2=O)cc1Cl. The first-order valence-electron chi connectivity index (χ1n) is 9.95. The number of carbonyl (C=O) groups is 1. The highest BCUT2D eigenvalue weighted by Crippen LogP contribution is 2.26. The molecule has 0 atom stereocenters. The standard InChI is InChI=1S/C23H23BrClN3O4/c1-5-31-20(29)13-32-19-9-6-14(10-17(19)25)12-26-28-21(30)16-11-15(24)7-8-18(16)27-22(28)23(2,3)4/h6-12H,5,13H2,1-4H3. The van der Waals surface area contributed by atoms with Crippen molar-refractivity contribution in [1.29, 1.82) is 0 Å². The third-order valence-electron chi connectivity index (χ3n) is 4.41. The molecule has 0 saturated heterocycles. The zero-order chi connectivity index (χ0) is 23.5. The number of benzene rings is 2. The van der Waals surface area contributed by atoms with Gasteiger partial charge in [-0.25, -0.2) is 9.78 Å². The maximum atomic E-state index is 13.2. The molecule has 0 radical (unpaired) electrons. The number of ether oxygens (including phenoxy) is 2. The van der Waals surface area contributed by atoms with Gasteiger partial charge in [0.2, 0.25) is 0 Å². The lowest BCUT2D eigenvalue weighted by atomic mass is 9.95. The van der Waals surface area contributed by atoms with Gasteiger partial charge < -0.3 is 9.47 Å². The van der Waals surface area contributed by atoms with Gasteiger partial charge in [-0.2, -0.15) is 9.78 Å². The van der Waals surface area contributed by atoms with E-state index in [9.17, 15) is 9.59 Å². The molecule has 7 nitrogen and oxygen atoms in total. The monoisotopic (exact) mass is 519 g/mol. The van der Waals surface area contributed by atoms with E-state index in [0.717, 1.165) is 4.47 Å². The van der Waals surface area contributed by atoms with Gasteiger partial charge in [0.05, 0.1) is 28.7 Å². The largest absolute Gasteiger partial charge is 0.480 e. The Morgan fingerprint density at radius 1 is 1.25 bits per heavy atom. The first-order chi connectivity index (χ1) is 15.1. The van der Waals surface area contributed by atoms with E-state index in [1.807, 2.05) is 26.8 Å². The molecule has 0 unspecified atom stereocenters. The number of rotatable bonds is 6. The molecule has 1 aromatic heterocycles. The van der Waals surface area contributed by atoms with Gasteiger partial charge in [0.1, 0.15) is 11.6 Å². The van der Waals surface area contributed by atoms with Crippen LogP contribution < -0.4 is 10.3 Å². The summed E-state index contributed by atoms with van der Waals surface area (Å²) in [4.78, 5) is 29.3. The third-order valence-corrected chi connectivity index (χ3v) is 5.20. The molecular formula is C23H23BrClN3O4. The van der Waals surface area contributed by atoms with Gasteiger partial charge in [-0.1, -0.05) is 48.3 Å². The van der Waals surface area contributed by atoms with Crippen LogP contribution in [0.15, 0.2) is 50.8 Å². The van der Waals surface area contributed by atoms with E-state index in [-0.39, 0.29) is 18.8 Å². The van der Waals surface area contributed by atoms with Gasteiger partial charge in [0, 0.05) is 9.89 Å². The molecule has 0 aliphatic rings. The summed E-state index contributed by atoms with van der Waals surface area (Å²) in [6, 6.07) is 10.4. The summed E-state index contributed by atoms with van der Waals surface area (Å²) < 4.78 is 12.3. The highest BCUT2D eigenvalue weighted by Gasteiger charge is 2.23. The number of halogens is 2. The zero-order valence-corrected chi connectivity index (χ0v) is 20.5. The second kappa shape index (κ2) is 9.83. The Kier molecular flexibility index (Phi) is 7.36. The molecule has 9 heteroatoms. The smallest absolute Gasteiger partial charge is 0.344 e. The van der Waals surface area contributed by atoms with Crippen LogP contribution in [0.25, 0.3) is 10.9 Å². The summed E-state index contributed by atoms with van der Waals surface area (Å²) in [5.41, 5.74) is 0.582. The Hall–Kier alpha value is -2.71. The highest BCUT2D eigenvalue weighted by molar-refractivity contribution is 9.10. The molecule has 3 aromatic rings. The summed E-state index contributed by atoms with van der Waals surface area (Å²) >= 11 is 9.68. The van der Waals surface area contributed by atoms with Crippen molar-refractivity contribution < 1.29 is 14.3 Å². The minimum Gasteiger partial charge on any atom is -0.480 e. The summed E-state index contributed by atoms with van der Waals surface area (Å²) in [5, 5.41) is 5.19. The summed E-state index contributed by atoms with van der Waals surface area (Å²) in [6.45, 7) is 7.68. The number of carbonyl (C=O) groups excluding carboxylic acids is 1. The van der Waals surface area contributed by atoms with Gasteiger partial charge in [-0.05, 0) is 48.9 Å². The van der Waals surface area contributed by atoms with Crippen LogP contribution >= 0.6 is 27.5 Å². The molecule has 0 spiro atoms. The van der Waals surface area contributed by atoms with Crippen molar-refractivity contribution >= 4 is 50.6 Å².